The van der Waals surface area contributed by atoms with Crippen LogP contribution in [0.25, 0.3) is 0 Å². The van der Waals surface area contributed by atoms with Crippen molar-refractivity contribution in [2.75, 3.05) is 11.9 Å². The zero-order valence-corrected chi connectivity index (χ0v) is 14.3. The van der Waals surface area contributed by atoms with Crippen molar-refractivity contribution >= 4 is 11.6 Å². The molecule has 0 saturated carbocycles. The fourth-order valence-corrected chi connectivity index (χ4v) is 2.26. The van der Waals surface area contributed by atoms with Gasteiger partial charge in [0.25, 0.3) is 5.56 Å². The minimum atomic E-state index is -1.13. The first kappa shape index (κ1) is 19.0. The summed E-state index contributed by atoms with van der Waals surface area (Å²) in [4.78, 5) is 35.0. The van der Waals surface area contributed by atoms with Crippen molar-refractivity contribution in [2.24, 2.45) is 7.05 Å². The number of ether oxygens (including phenoxy) is 1. The monoisotopic (exact) mass is 358 g/mol. The van der Waals surface area contributed by atoms with E-state index >= 15 is 0 Å². The first-order chi connectivity index (χ1) is 12.3. The van der Waals surface area contributed by atoms with Gasteiger partial charge in [0, 0.05) is 25.9 Å². The van der Waals surface area contributed by atoms with Crippen LogP contribution >= 0.6 is 0 Å². The topological polar surface area (TPSA) is 126 Å². The van der Waals surface area contributed by atoms with Gasteiger partial charge in [-0.2, -0.15) is 5.26 Å². The van der Waals surface area contributed by atoms with E-state index in [-0.39, 0.29) is 24.6 Å². The Kier molecular flexibility index (Phi) is 5.93. The number of aromatic nitrogens is 2. The quantitative estimate of drug-likeness (QED) is 0.737. The minimum absolute atomic E-state index is 0.161. The highest BCUT2D eigenvalue weighted by Gasteiger charge is 2.14. The first-order valence-electron chi connectivity index (χ1n) is 7.71. The van der Waals surface area contributed by atoms with Crippen molar-refractivity contribution in [3.63, 3.8) is 0 Å². The summed E-state index contributed by atoms with van der Waals surface area (Å²) >= 11 is 0. The van der Waals surface area contributed by atoms with Gasteiger partial charge in [-0.3, -0.25) is 14.2 Å². The average Bonchev–Trinajstić information content (AvgIpc) is 2.60. The van der Waals surface area contributed by atoms with Gasteiger partial charge in [0.05, 0.1) is 6.54 Å². The molecule has 1 amide bonds. The number of benzene rings is 1. The maximum absolute atomic E-state index is 12.0. The predicted molar refractivity (Wildman–Crippen MR) is 92.9 cm³/mol. The molecule has 0 aliphatic heterocycles. The van der Waals surface area contributed by atoms with E-state index < -0.39 is 17.4 Å². The Hall–Kier alpha value is -3.38. The largest absolute Gasteiger partial charge is 0.491 e. The highest BCUT2D eigenvalue weighted by atomic mass is 16.5. The molecule has 0 saturated heterocycles. The molecule has 1 atom stereocenters. The predicted octanol–water partition coefficient (Wildman–Crippen LogP) is -0.183. The van der Waals surface area contributed by atoms with E-state index in [2.05, 4.69) is 5.32 Å². The second-order valence-corrected chi connectivity index (χ2v) is 5.63. The van der Waals surface area contributed by atoms with Crippen LogP contribution in [0.1, 0.15) is 12.5 Å². The lowest BCUT2D eigenvalue weighted by Crippen LogP contribution is -2.43. The molecule has 136 valence electrons. The lowest BCUT2D eigenvalue weighted by molar-refractivity contribution is -0.114. The van der Waals surface area contributed by atoms with Crippen molar-refractivity contribution in [2.45, 2.75) is 19.6 Å². The number of aryl methyl sites for hydroxylation is 1. The molecule has 0 aliphatic carbocycles. The fraction of sp³-hybridized carbons (Fsp3) is 0.294. The highest BCUT2D eigenvalue weighted by Crippen LogP contribution is 2.15. The SMILES string of the molecule is CC(=O)Nc1ccc(OC[C@H](O)Cn2c(=O)c(C#N)cn(C)c2=O)cc1. The Balaban J connectivity index is 2.04. The highest BCUT2D eigenvalue weighted by molar-refractivity contribution is 5.88. The van der Waals surface area contributed by atoms with Gasteiger partial charge in [-0.05, 0) is 24.3 Å². The van der Waals surface area contributed by atoms with Gasteiger partial charge in [-0.25, -0.2) is 4.79 Å². The number of aliphatic hydroxyl groups excluding tert-OH is 1. The summed E-state index contributed by atoms with van der Waals surface area (Å²) in [7, 11) is 1.42. The number of amides is 1. The molecule has 26 heavy (non-hydrogen) atoms. The third kappa shape index (κ3) is 4.58. The number of hydrogen-bond donors (Lipinski definition) is 2. The fourth-order valence-electron chi connectivity index (χ4n) is 2.26. The van der Waals surface area contributed by atoms with E-state index in [1.807, 2.05) is 0 Å². The summed E-state index contributed by atoms with van der Waals surface area (Å²) in [5.74, 6) is 0.255. The molecular formula is C17H18N4O5. The third-order valence-corrected chi connectivity index (χ3v) is 3.46. The Morgan fingerprint density at radius 2 is 2.00 bits per heavy atom. The number of aliphatic hydroxyl groups is 1. The molecule has 2 rings (SSSR count). The molecule has 9 heteroatoms. The Bertz CT molecular complexity index is 953. The van der Waals surface area contributed by atoms with Gasteiger partial charge < -0.3 is 19.7 Å². The summed E-state index contributed by atoms with van der Waals surface area (Å²) in [6, 6.07) is 8.22. The number of rotatable bonds is 6. The average molecular weight is 358 g/mol. The van der Waals surface area contributed by atoms with E-state index in [1.54, 1.807) is 30.3 Å². The number of carbonyl (C=O) groups excluding carboxylic acids is 1. The van der Waals surface area contributed by atoms with E-state index in [0.717, 1.165) is 15.3 Å². The van der Waals surface area contributed by atoms with Crippen LogP contribution in [-0.2, 0) is 18.4 Å². The van der Waals surface area contributed by atoms with Crippen LogP contribution in [0.3, 0.4) is 0 Å². The van der Waals surface area contributed by atoms with Crippen LogP contribution < -0.4 is 21.3 Å². The van der Waals surface area contributed by atoms with Crippen LogP contribution in [-0.4, -0.2) is 32.9 Å². The smallest absolute Gasteiger partial charge is 0.330 e. The Morgan fingerprint density at radius 1 is 1.35 bits per heavy atom. The van der Waals surface area contributed by atoms with E-state index in [1.165, 1.54) is 14.0 Å². The van der Waals surface area contributed by atoms with Gasteiger partial charge in [0.1, 0.15) is 30.1 Å². The molecule has 0 aliphatic rings. The number of carbonyl (C=O) groups is 1. The zero-order valence-electron chi connectivity index (χ0n) is 14.3. The van der Waals surface area contributed by atoms with Crippen molar-refractivity contribution in [3.05, 3.63) is 56.9 Å². The van der Waals surface area contributed by atoms with Gasteiger partial charge in [-0.1, -0.05) is 0 Å². The molecule has 2 N–H and O–H groups in total. The minimum Gasteiger partial charge on any atom is -0.491 e. The molecule has 9 nitrogen and oxygen atoms in total. The molecule has 2 aromatic rings. The lowest BCUT2D eigenvalue weighted by Gasteiger charge is -2.14. The van der Waals surface area contributed by atoms with Crippen LogP contribution in [0.4, 0.5) is 5.69 Å². The van der Waals surface area contributed by atoms with Gasteiger partial charge in [0.2, 0.25) is 5.91 Å². The first-order valence-corrected chi connectivity index (χ1v) is 7.71. The second kappa shape index (κ2) is 8.13. The van der Waals surface area contributed by atoms with Gasteiger partial charge in [-0.15, -0.1) is 0 Å². The maximum Gasteiger partial charge on any atom is 0.330 e. The van der Waals surface area contributed by atoms with Crippen LogP contribution in [0, 0.1) is 11.3 Å². The second-order valence-electron chi connectivity index (χ2n) is 5.63. The molecule has 1 heterocycles. The Morgan fingerprint density at radius 3 is 2.58 bits per heavy atom. The standard InChI is InChI=1S/C17H18N4O5/c1-11(22)19-13-3-5-15(6-4-13)26-10-14(23)9-21-16(24)12(7-18)8-20(2)17(21)25/h3-6,8,14,23H,9-10H2,1-2H3,(H,19,22)/t14-/m1/s1. The molecule has 0 spiro atoms. The summed E-state index contributed by atoms with van der Waals surface area (Å²) in [6.45, 7) is 0.936. The van der Waals surface area contributed by atoms with Crippen molar-refractivity contribution in [1.82, 2.24) is 9.13 Å². The van der Waals surface area contributed by atoms with Crippen molar-refractivity contribution in [3.8, 4) is 11.8 Å². The van der Waals surface area contributed by atoms with Crippen LogP contribution in [0.5, 0.6) is 5.75 Å². The summed E-state index contributed by atoms with van der Waals surface area (Å²) in [6.07, 6.45) is 0.0186. The number of nitriles is 1. The molecule has 0 bridgehead atoms. The normalized spacial score (nSPS) is 11.5. The van der Waals surface area contributed by atoms with Crippen LogP contribution in [0.15, 0.2) is 40.1 Å². The number of nitrogens with one attached hydrogen (secondary N) is 1. The summed E-state index contributed by atoms with van der Waals surface area (Å²) in [5, 5.41) is 21.6. The van der Waals surface area contributed by atoms with Gasteiger partial charge in [0.15, 0.2) is 0 Å². The lowest BCUT2D eigenvalue weighted by atomic mass is 10.3. The molecule has 0 unspecified atom stereocenters. The van der Waals surface area contributed by atoms with E-state index in [0.29, 0.717) is 11.4 Å². The van der Waals surface area contributed by atoms with Crippen LogP contribution in [0.2, 0.25) is 0 Å². The number of anilines is 1. The Labute approximate surface area is 148 Å². The summed E-state index contributed by atoms with van der Waals surface area (Å²) in [5.41, 5.74) is -0.968. The zero-order chi connectivity index (χ0) is 19.3. The number of hydrogen-bond acceptors (Lipinski definition) is 6. The molecule has 0 fully saturated rings. The van der Waals surface area contributed by atoms with Crippen molar-refractivity contribution < 1.29 is 14.6 Å². The molecule has 0 radical (unpaired) electrons. The summed E-state index contributed by atoms with van der Waals surface area (Å²) < 4.78 is 7.32. The third-order valence-electron chi connectivity index (χ3n) is 3.46. The van der Waals surface area contributed by atoms with E-state index in [4.69, 9.17) is 10.00 Å². The van der Waals surface area contributed by atoms with Gasteiger partial charge >= 0.3 is 5.69 Å². The number of nitrogens with zero attached hydrogens (tertiary/aromatic N) is 3. The maximum atomic E-state index is 12.0. The molecule has 1 aromatic carbocycles. The van der Waals surface area contributed by atoms with Crippen molar-refractivity contribution in [1.29, 1.82) is 5.26 Å². The molecule has 1 aromatic heterocycles. The van der Waals surface area contributed by atoms with E-state index in [9.17, 15) is 19.5 Å². The molecular weight excluding hydrogens is 340 g/mol.